The van der Waals surface area contributed by atoms with E-state index in [2.05, 4.69) is 135 Å². The van der Waals surface area contributed by atoms with Crippen molar-refractivity contribution in [3.63, 3.8) is 0 Å². The molecule has 0 bridgehead atoms. The topological polar surface area (TPSA) is 88.5 Å². The maximum Gasteiger partial charge on any atom is 0.310 e. The third kappa shape index (κ3) is 14.8. The summed E-state index contributed by atoms with van der Waals surface area (Å²) in [6, 6.07) is 34.2. The molecule has 2 fully saturated rings. The van der Waals surface area contributed by atoms with Crippen LogP contribution in [0.4, 0.5) is 0 Å². The zero-order valence-corrected chi connectivity index (χ0v) is 39.2. The Morgan fingerprint density at radius 2 is 0.921 bits per heavy atom. The number of hydrogen-bond acceptors (Lipinski definition) is 7. The van der Waals surface area contributed by atoms with Gasteiger partial charge in [-0.05, 0) is 116 Å². The van der Waals surface area contributed by atoms with E-state index in [9.17, 15) is 14.7 Å². The van der Waals surface area contributed by atoms with Gasteiger partial charge >= 0.3 is 11.9 Å². The van der Waals surface area contributed by atoms with Crippen LogP contribution in [0.25, 0.3) is 11.1 Å². The fourth-order valence-electron chi connectivity index (χ4n) is 8.73. The van der Waals surface area contributed by atoms with E-state index in [1.165, 1.54) is 44.5 Å². The lowest BCUT2D eigenvalue weighted by molar-refractivity contribution is -0.150. The standard InChI is InChI=1S/C28H37NO3.C26H33NO3.ClH/c1-4-22-12-7-9-15-25(22)27(26-16-10-8-13-23(26)5-2)21-31-19-18-29-17-11-14-24(20-29)28(30)32-6-3;1-3-20-10-5-7-13-23(20)25(24-14-8-6-11-21(24)4-2)19-30-17-16-27-15-9-12-22(18-27)26(28)29;/h7-10,12-13,15-16,21,24H,4-6,11,14,17-20H2,1-3H3;5-8,10-11,13-14,19,22H,3-4,9,12,15-18H2,1-2H3,(H,28,29);1H/t24-;22-;/m11./s1. The number of carbonyl (C=O) groups is 2. The molecule has 63 heavy (non-hydrogen) atoms. The van der Waals surface area contributed by atoms with Crippen molar-refractivity contribution < 1.29 is 28.9 Å². The van der Waals surface area contributed by atoms with E-state index in [1.807, 2.05) is 19.4 Å². The van der Waals surface area contributed by atoms with E-state index < -0.39 is 5.97 Å². The zero-order valence-electron chi connectivity index (χ0n) is 38.4. The Hall–Kier alpha value is -4.89. The van der Waals surface area contributed by atoms with Gasteiger partial charge in [0.25, 0.3) is 0 Å². The molecule has 340 valence electrons. The first-order chi connectivity index (χ1) is 30.3. The van der Waals surface area contributed by atoms with Gasteiger partial charge in [-0.1, -0.05) is 125 Å². The number of aryl methyl sites for hydroxylation is 4. The highest BCUT2D eigenvalue weighted by molar-refractivity contribution is 5.85. The zero-order chi connectivity index (χ0) is 44.1. The first kappa shape index (κ1) is 50.8. The largest absolute Gasteiger partial charge is 0.499 e. The number of carboxylic acids is 1. The van der Waals surface area contributed by atoms with Gasteiger partial charge in [-0.15, -0.1) is 12.4 Å². The Morgan fingerprint density at radius 3 is 1.27 bits per heavy atom. The van der Waals surface area contributed by atoms with Crippen molar-refractivity contribution in [1.29, 1.82) is 0 Å². The summed E-state index contributed by atoms with van der Waals surface area (Å²) in [5.41, 5.74) is 12.4. The van der Waals surface area contributed by atoms with Gasteiger partial charge in [0.15, 0.2) is 0 Å². The summed E-state index contributed by atoms with van der Waals surface area (Å²) in [4.78, 5) is 27.9. The lowest BCUT2D eigenvalue weighted by Gasteiger charge is -2.31. The molecule has 0 aliphatic carbocycles. The average molecular weight is 880 g/mol. The normalized spacial score (nSPS) is 16.3. The van der Waals surface area contributed by atoms with Crippen LogP contribution in [0, 0.1) is 11.8 Å². The molecule has 9 heteroatoms. The molecule has 2 atom stereocenters. The second-order valence-corrected chi connectivity index (χ2v) is 16.2. The van der Waals surface area contributed by atoms with Crippen LogP contribution < -0.4 is 0 Å². The Kier molecular flexibility index (Phi) is 22.0. The van der Waals surface area contributed by atoms with Crippen molar-refractivity contribution in [2.24, 2.45) is 11.8 Å². The third-order valence-corrected chi connectivity index (χ3v) is 12.2. The number of esters is 1. The lowest BCUT2D eigenvalue weighted by atomic mass is 9.90. The van der Waals surface area contributed by atoms with Crippen LogP contribution in [0.1, 0.15) is 105 Å². The van der Waals surface area contributed by atoms with Crippen molar-refractivity contribution in [3.05, 3.63) is 154 Å². The molecule has 0 unspecified atom stereocenters. The second-order valence-electron chi connectivity index (χ2n) is 16.2. The summed E-state index contributed by atoms with van der Waals surface area (Å²) >= 11 is 0. The van der Waals surface area contributed by atoms with Crippen molar-refractivity contribution in [2.75, 3.05) is 59.1 Å². The van der Waals surface area contributed by atoms with Crippen LogP contribution in [0.15, 0.2) is 110 Å². The number of nitrogens with zero attached hydrogens (tertiary/aromatic N) is 2. The number of likely N-dealkylation sites (tertiary alicyclic amines) is 2. The molecule has 2 heterocycles. The van der Waals surface area contributed by atoms with E-state index >= 15 is 0 Å². The van der Waals surface area contributed by atoms with Gasteiger partial charge in [0.1, 0.15) is 13.2 Å². The molecular weight excluding hydrogens is 808 g/mol. The number of hydrogen-bond donors (Lipinski definition) is 1. The molecule has 2 aliphatic heterocycles. The van der Waals surface area contributed by atoms with Crippen LogP contribution in [0.3, 0.4) is 0 Å². The van der Waals surface area contributed by atoms with Gasteiger partial charge in [0.05, 0.1) is 31.0 Å². The first-order valence-electron chi connectivity index (χ1n) is 23.1. The van der Waals surface area contributed by atoms with Gasteiger partial charge < -0.3 is 19.3 Å². The number of benzene rings is 4. The molecule has 1 N–H and O–H groups in total. The summed E-state index contributed by atoms with van der Waals surface area (Å²) in [5, 5.41) is 9.28. The van der Waals surface area contributed by atoms with E-state index in [4.69, 9.17) is 14.2 Å². The van der Waals surface area contributed by atoms with E-state index in [0.29, 0.717) is 26.4 Å². The Morgan fingerprint density at radius 1 is 0.571 bits per heavy atom. The van der Waals surface area contributed by atoms with Gasteiger partial charge in [-0.3, -0.25) is 19.4 Å². The summed E-state index contributed by atoms with van der Waals surface area (Å²) in [7, 11) is 0. The monoisotopic (exact) mass is 879 g/mol. The summed E-state index contributed by atoms with van der Waals surface area (Å²) in [6.07, 6.45) is 11.4. The lowest BCUT2D eigenvalue weighted by Crippen LogP contribution is -2.40. The van der Waals surface area contributed by atoms with Crippen LogP contribution >= 0.6 is 12.4 Å². The number of halogens is 1. The molecule has 2 saturated heterocycles. The van der Waals surface area contributed by atoms with Gasteiger partial charge in [0.2, 0.25) is 0 Å². The molecule has 4 aromatic carbocycles. The molecule has 4 aromatic rings. The molecular formula is C54H71ClN2O6. The van der Waals surface area contributed by atoms with E-state index in [0.717, 1.165) is 95.2 Å². The number of rotatable bonds is 19. The van der Waals surface area contributed by atoms with Crippen molar-refractivity contribution in [3.8, 4) is 0 Å². The number of piperidine rings is 2. The highest BCUT2D eigenvalue weighted by atomic mass is 35.5. The molecule has 8 nitrogen and oxygen atoms in total. The first-order valence-corrected chi connectivity index (χ1v) is 23.1. The van der Waals surface area contributed by atoms with Crippen LogP contribution in [-0.4, -0.2) is 85.9 Å². The van der Waals surface area contributed by atoms with Crippen LogP contribution in [0.2, 0.25) is 0 Å². The van der Waals surface area contributed by atoms with Crippen molar-refractivity contribution in [1.82, 2.24) is 9.80 Å². The quantitative estimate of drug-likeness (QED) is 0.0566. The van der Waals surface area contributed by atoms with E-state index in [1.54, 1.807) is 0 Å². The number of carboxylic acid groups (broad SMARTS) is 1. The maximum absolute atomic E-state index is 12.1. The van der Waals surface area contributed by atoms with Gasteiger partial charge in [-0.2, -0.15) is 0 Å². The fraction of sp³-hybridized carbons (Fsp3) is 0.444. The number of ether oxygens (including phenoxy) is 3. The number of carbonyl (C=O) groups excluding carboxylic acids is 1. The van der Waals surface area contributed by atoms with E-state index in [-0.39, 0.29) is 30.2 Å². The SMILES string of the molecule is CCOC(=O)[C@@H]1CCCN(CCOC=C(c2ccccc2CC)c2ccccc2CC)C1.CCc1ccccc1C(=COCCN1CCC[C@@H](C(=O)O)C1)c1ccccc1CC.Cl. The molecule has 6 rings (SSSR count). The molecule has 0 saturated carbocycles. The van der Waals surface area contributed by atoms with Crippen LogP contribution in [0.5, 0.6) is 0 Å². The summed E-state index contributed by atoms with van der Waals surface area (Å²) < 4.78 is 17.4. The second kappa shape index (κ2) is 27.3. The Balaban J connectivity index is 0.000000273. The Bertz CT molecular complexity index is 1980. The van der Waals surface area contributed by atoms with Crippen molar-refractivity contribution in [2.45, 2.75) is 86.0 Å². The van der Waals surface area contributed by atoms with Crippen molar-refractivity contribution >= 4 is 35.5 Å². The molecule has 2 aliphatic rings. The minimum Gasteiger partial charge on any atom is -0.499 e. The molecule has 0 radical (unpaired) electrons. The maximum atomic E-state index is 12.1. The van der Waals surface area contributed by atoms with Crippen LogP contribution in [-0.2, 0) is 49.5 Å². The average Bonchev–Trinajstić information content (AvgIpc) is 3.32. The number of aliphatic carboxylic acids is 1. The summed E-state index contributed by atoms with van der Waals surface area (Å²) in [6.45, 7) is 17.1. The highest BCUT2D eigenvalue weighted by Gasteiger charge is 2.27. The minimum absolute atomic E-state index is 0. The predicted molar refractivity (Wildman–Crippen MR) is 259 cm³/mol. The third-order valence-electron chi connectivity index (χ3n) is 12.2. The predicted octanol–water partition coefficient (Wildman–Crippen LogP) is 10.9. The van der Waals surface area contributed by atoms with Gasteiger partial charge in [-0.25, -0.2) is 0 Å². The highest BCUT2D eigenvalue weighted by Crippen LogP contribution is 2.31. The van der Waals surface area contributed by atoms with Gasteiger partial charge in [0, 0.05) is 37.3 Å². The smallest absolute Gasteiger partial charge is 0.310 e. The minimum atomic E-state index is -0.685. The summed E-state index contributed by atoms with van der Waals surface area (Å²) in [5.74, 6) is -1.01. The molecule has 0 aromatic heterocycles. The molecule has 0 amide bonds. The fourth-order valence-corrected chi connectivity index (χ4v) is 8.73. The Labute approximate surface area is 383 Å². The molecule has 0 spiro atoms.